The highest BCUT2D eigenvalue weighted by atomic mass is 16.1. The third kappa shape index (κ3) is 5.78. The standard InChI is InChI=1S/C18H22N2O/c1-15(9-10-16-6-3-2-4-7-16)12-18(21)20-14-17-8-5-11-19-13-17/h2-8,11,13,15H,9-10,12,14H2,1H3,(H,20,21). The zero-order valence-corrected chi connectivity index (χ0v) is 12.5. The molecule has 0 saturated carbocycles. The van der Waals surface area contributed by atoms with Crippen LogP contribution in [0.25, 0.3) is 0 Å². The van der Waals surface area contributed by atoms with Crippen LogP contribution in [0.5, 0.6) is 0 Å². The topological polar surface area (TPSA) is 42.0 Å². The summed E-state index contributed by atoms with van der Waals surface area (Å²) in [5, 5.41) is 2.95. The molecular formula is C18H22N2O. The van der Waals surface area contributed by atoms with Crippen LogP contribution in [0, 0.1) is 5.92 Å². The van der Waals surface area contributed by atoms with Crippen molar-refractivity contribution in [2.24, 2.45) is 5.92 Å². The monoisotopic (exact) mass is 282 g/mol. The molecule has 3 heteroatoms. The molecule has 0 spiro atoms. The summed E-state index contributed by atoms with van der Waals surface area (Å²) in [6.07, 6.45) is 6.14. The Hall–Kier alpha value is -2.16. The van der Waals surface area contributed by atoms with Crippen molar-refractivity contribution in [2.45, 2.75) is 32.7 Å². The Morgan fingerprint density at radius 2 is 1.90 bits per heavy atom. The van der Waals surface area contributed by atoms with Crippen LogP contribution in [0.1, 0.15) is 30.9 Å². The molecule has 21 heavy (non-hydrogen) atoms. The lowest BCUT2D eigenvalue weighted by atomic mass is 9.98. The molecule has 0 aliphatic rings. The molecule has 1 aromatic heterocycles. The molecule has 1 atom stereocenters. The summed E-state index contributed by atoms with van der Waals surface area (Å²) in [7, 11) is 0. The predicted molar refractivity (Wildman–Crippen MR) is 84.6 cm³/mol. The van der Waals surface area contributed by atoms with Gasteiger partial charge in [-0.05, 0) is 36.0 Å². The first kappa shape index (κ1) is 15.2. The quantitative estimate of drug-likeness (QED) is 0.846. The second-order valence-electron chi connectivity index (χ2n) is 5.47. The Bertz CT molecular complexity index is 540. The van der Waals surface area contributed by atoms with Crippen LogP contribution in [0.4, 0.5) is 0 Å². The van der Waals surface area contributed by atoms with Crippen LogP contribution in [0.3, 0.4) is 0 Å². The number of nitrogens with one attached hydrogen (secondary N) is 1. The molecule has 1 aromatic carbocycles. The fourth-order valence-corrected chi connectivity index (χ4v) is 2.25. The average Bonchev–Trinajstić information content (AvgIpc) is 2.53. The van der Waals surface area contributed by atoms with Gasteiger partial charge in [-0.1, -0.05) is 43.3 Å². The SMILES string of the molecule is CC(CCc1ccccc1)CC(=O)NCc1cccnc1. The minimum Gasteiger partial charge on any atom is -0.352 e. The third-order valence-corrected chi connectivity index (χ3v) is 3.51. The predicted octanol–water partition coefficient (Wildman–Crippen LogP) is 3.36. The van der Waals surface area contributed by atoms with E-state index in [1.54, 1.807) is 12.4 Å². The van der Waals surface area contributed by atoms with Crippen molar-refractivity contribution in [1.29, 1.82) is 0 Å². The summed E-state index contributed by atoms with van der Waals surface area (Å²) in [6.45, 7) is 2.69. The zero-order chi connectivity index (χ0) is 14.9. The van der Waals surface area contributed by atoms with Crippen LogP contribution in [-0.4, -0.2) is 10.9 Å². The largest absolute Gasteiger partial charge is 0.352 e. The number of pyridine rings is 1. The number of hydrogen-bond acceptors (Lipinski definition) is 2. The minimum absolute atomic E-state index is 0.111. The van der Waals surface area contributed by atoms with E-state index in [0.717, 1.165) is 18.4 Å². The Balaban J connectivity index is 1.67. The first-order chi connectivity index (χ1) is 10.2. The van der Waals surface area contributed by atoms with Gasteiger partial charge in [0.25, 0.3) is 0 Å². The first-order valence-corrected chi connectivity index (χ1v) is 7.43. The van der Waals surface area contributed by atoms with Gasteiger partial charge in [-0.2, -0.15) is 0 Å². The van der Waals surface area contributed by atoms with Crippen LogP contribution in [0.15, 0.2) is 54.9 Å². The van der Waals surface area contributed by atoms with E-state index in [2.05, 4.69) is 41.5 Å². The van der Waals surface area contributed by atoms with Gasteiger partial charge in [0.2, 0.25) is 5.91 Å². The van der Waals surface area contributed by atoms with Crippen molar-refractivity contribution in [2.75, 3.05) is 0 Å². The van der Waals surface area contributed by atoms with Gasteiger partial charge in [-0.15, -0.1) is 0 Å². The average molecular weight is 282 g/mol. The van der Waals surface area contributed by atoms with Crippen molar-refractivity contribution in [3.8, 4) is 0 Å². The summed E-state index contributed by atoms with van der Waals surface area (Å²) < 4.78 is 0. The zero-order valence-electron chi connectivity index (χ0n) is 12.5. The van der Waals surface area contributed by atoms with Crippen LogP contribution in [0.2, 0.25) is 0 Å². The van der Waals surface area contributed by atoms with E-state index < -0.39 is 0 Å². The summed E-state index contributed by atoms with van der Waals surface area (Å²) >= 11 is 0. The molecule has 1 amide bonds. The van der Waals surface area contributed by atoms with E-state index in [-0.39, 0.29) is 5.91 Å². The molecule has 1 N–H and O–H groups in total. The summed E-state index contributed by atoms with van der Waals surface area (Å²) in [5.41, 5.74) is 2.36. The minimum atomic E-state index is 0.111. The summed E-state index contributed by atoms with van der Waals surface area (Å²) in [5.74, 6) is 0.499. The highest BCUT2D eigenvalue weighted by Crippen LogP contribution is 2.12. The Labute approximate surface area is 126 Å². The number of aromatic nitrogens is 1. The number of amides is 1. The molecule has 3 nitrogen and oxygen atoms in total. The van der Waals surface area contributed by atoms with Gasteiger partial charge >= 0.3 is 0 Å². The van der Waals surface area contributed by atoms with Gasteiger partial charge in [-0.25, -0.2) is 0 Å². The normalized spacial score (nSPS) is 11.9. The van der Waals surface area contributed by atoms with Gasteiger partial charge in [0.15, 0.2) is 0 Å². The lowest BCUT2D eigenvalue weighted by Crippen LogP contribution is -2.24. The van der Waals surface area contributed by atoms with Gasteiger partial charge in [0, 0.05) is 25.4 Å². The molecule has 0 bridgehead atoms. The van der Waals surface area contributed by atoms with Gasteiger partial charge in [-0.3, -0.25) is 9.78 Å². The molecule has 0 aliphatic carbocycles. The molecule has 0 radical (unpaired) electrons. The molecule has 1 unspecified atom stereocenters. The number of nitrogens with zero attached hydrogens (tertiary/aromatic N) is 1. The van der Waals surface area contributed by atoms with Crippen molar-refractivity contribution in [3.05, 3.63) is 66.0 Å². The fourth-order valence-electron chi connectivity index (χ4n) is 2.25. The lowest BCUT2D eigenvalue weighted by molar-refractivity contribution is -0.122. The molecule has 2 rings (SSSR count). The molecule has 0 saturated heterocycles. The summed E-state index contributed by atoms with van der Waals surface area (Å²) in [4.78, 5) is 15.9. The number of aryl methyl sites for hydroxylation is 1. The van der Waals surface area contributed by atoms with E-state index in [1.807, 2.05) is 18.2 Å². The molecule has 0 aliphatic heterocycles. The van der Waals surface area contributed by atoms with Crippen LogP contribution >= 0.6 is 0 Å². The molecule has 0 fully saturated rings. The van der Waals surface area contributed by atoms with E-state index in [4.69, 9.17) is 0 Å². The van der Waals surface area contributed by atoms with Crippen LogP contribution < -0.4 is 5.32 Å². The number of hydrogen-bond donors (Lipinski definition) is 1. The fraction of sp³-hybridized carbons (Fsp3) is 0.333. The van der Waals surface area contributed by atoms with Crippen LogP contribution in [-0.2, 0) is 17.8 Å². The van der Waals surface area contributed by atoms with Crippen molar-refractivity contribution >= 4 is 5.91 Å². The smallest absolute Gasteiger partial charge is 0.220 e. The summed E-state index contributed by atoms with van der Waals surface area (Å²) in [6, 6.07) is 14.3. The second kappa shape index (κ2) is 8.20. The highest BCUT2D eigenvalue weighted by Gasteiger charge is 2.09. The number of benzene rings is 1. The van der Waals surface area contributed by atoms with E-state index >= 15 is 0 Å². The van der Waals surface area contributed by atoms with Gasteiger partial charge in [0.1, 0.15) is 0 Å². The highest BCUT2D eigenvalue weighted by molar-refractivity contribution is 5.76. The van der Waals surface area contributed by atoms with Gasteiger partial charge < -0.3 is 5.32 Å². The Morgan fingerprint density at radius 3 is 2.62 bits per heavy atom. The van der Waals surface area contributed by atoms with Gasteiger partial charge in [0.05, 0.1) is 0 Å². The van der Waals surface area contributed by atoms with E-state index in [0.29, 0.717) is 18.9 Å². The maximum Gasteiger partial charge on any atom is 0.220 e. The molecule has 110 valence electrons. The molecule has 2 aromatic rings. The number of carbonyl (C=O) groups excluding carboxylic acids is 1. The Kier molecular flexibility index (Phi) is 5.95. The lowest BCUT2D eigenvalue weighted by Gasteiger charge is -2.11. The number of carbonyl (C=O) groups is 1. The van der Waals surface area contributed by atoms with Crippen molar-refractivity contribution in [1.82, 2.24) is 10.3 Å². The van der Waals surface area contributed by atoms with E-state index in [9.17, 15) is 4.79 Å². The maximum absolute atomic E-state index is 11.9. The van der Waals surface area contributed by atoms with Crippen molar-refractivity contribution < 1.29 is 4.79 Å². The van der Waals surface area contributed by atoms with Crippen molar-refractivity contribution in [3.63, 3.8) is 0 Å². The number of rotatable bonds is 7. The second-order valence-corrected chi connectivity index (χ2v) is 5.47. The maximum atomic E-state index is 11.9. The third-order valence-electron chi connectivity index (χ3n) is 3.51. The van der Waals surface area contributed by atoms with E-state index in [1.165, 1.54) is 5.56 Å². The Morgan fingerprint density at radius 1 is 1.14 bits per heavy atom. The molecule has 1 heterocycles. The molecular weight excluding hydrogens is 260 g/mol. The first-order valence-electron chi connectivity index (χ1n) is 7.43.